The Morgan fingerprint density at radius 3 is 2.18 bits per heavy atom. The molecule has 3 nitrogen and oxygen atoms in total. The van der Waals surface area contributed by atoms with Crippen molar-refractivity contribution in [3.63, 3.8) is 0 Å². The zero-order chi connectivity index (χ0) is 9.07. The van der Waals surface area contributed by atoms with Gasteiger partial charge < -0.3 is 9.84 Å². The van der Waals surface area contributed by atoms with Crippen molar-refractivity contribution in [1.82, 2.24) is 0 Å². The highest BCUT2D eigenvalue weighted by molar-refractivity contribution is 5.82. The molecule has 0 saturated carbocycles. The van der Waals surface area contributed by atoms with Gasteiger partial charge in [0, 0.05) is 5.41 Å². The molecule has 1 N–H and O–H groups in total. The minimum atomic E-state index is -0.530. The van der Waals surface area contributed by atoms with Crippen LogP contribution in [0.4, 0.5) is 0 Å². The molecule has 0 aromatic carbocycles. The van der Waals surface area contributed by atoms with E-state index in [4.69, 9.17) is 0 Å². The van der Waals surface area contributed by atoms with Crippen molar-refractivity contribution in [3.8, 4) is 0 Å². The number of carbonyl (C=O) groups is 1. The monoisotopic (exact) mass is 158 g/mol. The van der Waals surface area contributed by atoms with Gasteiger partial charge in [-0.05, 0) is 0 Å². The quantitative estimate of drug-likeness (QED) is 0.358. The largest absolute Gasteiger partial charge is 0.511 e. The molecule has 0 atom stereocenters. The second kappa shape index (κ2) is 3.42. The Bertz CT molecular complexity index is 174. The SMILES string of the molecule is COC(=O)/C=C(/O)C(C)(C)C. The third-order valence-corrected chi connectivity index (χ3v) is 1.22. The molecule has 0 rings (SSSR count). The molecular formula is C8H14O3. The summed E-state index contributed by atoms with van der Waals surface area (Å²) in [6, 6.07) is 0. The Morgan fingerprint density at radius 2 is 1.91 bits per heavy atom. The molecule has 0 aromatic rings. The molecule has 0 aliphatic rings. The zero-order valence-corrected chi connectivity index (χ0v) is 7.34. The smallest absolute Gasteiger partial charge is 0.333 e. The van der Waals surface area contributed by atoms with Crippen LogP contribution >= 0.6 is 0 Å². The summed E-state index contributed by atoms with van der Waals surface area (Å²) in [6.45, 7) is 5.42. The molecule has 0 spiro atoms. The van der Waals surface area contributed by atoms with Crippen molar-refractivity contribution in [1.29, 1.82) is 0 Å². The first-order valence-corrected chi connectivity index (χ1v) is 3.37. The van der Waals surface area contributed by atoms with Gasteiger partial charge in [-0.3, -0.25) is 0 Å². The van der Waals surface area contributed by atoms with E-state index in [1.807, 2.05) is 20.8 Å². The maximum Gasteiger partial charge on any atom is 0.333 e. The first kappa shape index (κ1) is 10.0. The van der Waals surface area contributed by atoms with Crippen LogP contribution in [-0.2, 0) is 9.53 Å². The molecule has 0 amide bonds. The Balaban J connectivity index is 4.35. The number of hydrogen-bond donors (Lipinski definition) is 1. The number of allylic oxidation sites excluding steroid dienone is 1. The fourth-order valence-corrected chi connectivity index (χ4v) is 0.387. The van der Waals surface area contributed by atoms with E-state index in [0.29, 0.717) is 0 Å². The van der Waals surface area contributed by atoms with Gasteiger partial charge in [-0.2, -0.15) is 0 Å². The Kier molecular flexibility index (Phi) is 3.11. The van der Waals surface area contributed by atoms with Crippen LogP contribution in [0.5, 0.6) is 0 Å². The first-order chi connectivity index (χ1) is 4.88. The molecule has 0 aromatic heterocycles. The molecule has 0 aliphatic carbocycles. The van der Waals surface area contributed by atoms with Crippen LogP contribution in [-0.4, -0.2) is 18.2 Å². The third-order valence-electron chi connectivity index (χ3n) is 1.22. The molecule has 11 heavy (non-hydrogen) atoms. The average molecular weight is 158 g/mol. The van der Waals surface area contributed by atoms with E-state index in [1.54, 1.807) is 0 Å². The lowest BCUT2D eigenvalue weighted by atomic mass is 9.94. The molecule has 0 saturated heterocycles. The number of methoxy groups -OCH3 is 1. The first-order valence-electron chi connectivity index (χ1n) is 3.37. The predicted octanol–water partition coefficient (Wildman–Crippen LogP) is 1.65. The van der Waals surface area contributed by atoms with Crippen LogP contribution in [0.25, 0.3) is 0 Å². The molecule has 0 heterocycles. The van der Waals surface area contributed by atoms with E-state index in [2.05, 4.69) is 4.74 Å². The predicted molar refractivity (Wildman–Crippen MR) is 42.2 cm³/mol. The van der Waals surface area contributed by atoms with E-state index < -0.39 is 11.4 Å². The topological polar surface area (TPSA) is 46.5 Å². The highest BCUT2D eigenvalue weighted by Gasteiger charge is 2.16. The summed E-state index contributed by atoms with van der Waals surface area (Å²) in [4.78, 5) is 10.6. The van der Waals surface area contributed by atoms with Gasteiger partial charge in [0.05, 0.1) is 13.2 Å². The van der Waals surface area contributed by atoms with Crippen LogP contribution < -0.4 is 0 Å². The number of hydrogen-bond acceptors (Lipinski definition) is 3. The molecule has 0 aliphatic heterocycles. The minimum absolute atomic E-state index is 0.0318. The van der Waals surface area contributed by atoms with Crippen molar-refractivity contribution in [2.75, 3.05) is 7.11 Å². The second-order valence-corrected chi connectivity index (χ2v) is 3.30. The average Bonchev–Trinajstić information content (AvgIpc) is 1.85. The summed E-state index contributed by atoms with van der Waals surface area (Å²) < 4.78 is 4.34. The minimum Gasteiger partial charge on any atom is -0.511 e. The number of aliphatic hydroxyl groups excluding tert-OH is 1. The van der Waals surface area contributed by atoms with Crippen molar-refractivity contribution < 1.29 is 14.6 Å². The maximum atomic E-state index is 10.6. The van der Waals surface area contributed by atoms with E-state index >= 15 is 0 Å². The second-order valence-electron chi connectivity index (χ2n) is 3.30. The van der Waals surface area contributed by atoms with Gasteiger partial charge in [0.25, 0.3) is 0 Å². The maximum absolute atomic E-state index is 10.6. The van der Waals surface area contributed by atoms with Crippen LogP contribution in [0.3, 0.4) is 0 Å². The third kappa shape index (κ3) is 3.65. The standard InChI is InChI=1S/C8H14O3/c1-8(2,3)6(9)5-7(10)11-4/h5,9H,1-4H3/b6-5+. The van der Waals surface area contributed by atoms with Crippen LogP contribution in [0.15, 0.2) is 11.8 Å². The molecule has 3 heteroatoms. The molecule has 0 fully saturated rings. The summed E-state index contributed by atoms with van der Waals surface area (Å²) in [6.07, 6.45) is 1.08. The number of rotatable bonds is 1. The van der Waals surface area contributed by atoms with Gasteiger partial charge in [0.2, 0.25) is 0 Å². The number of carbonyl (C=O) groups excluding carboxylic acids is 1. The Labute approximate surface area is 66.7 Å². The lowest BCUT2D eigenvalue weighted by molar-refractivity contribution is -0.135. The van der Waals surface area contributed by atoms with Gasteiger partial charge in [-0.25, -0.2) is 4.79 Å². The van der Waals surface area contributed by atoms with Gasteiger partial charge in [-0.15, -0.1) is 0 Å². The van der Waals surface area contributed by atoms with E-state index in [1.165, 1.54) is 7.11 Å². The Hall–Kier alpha value is -0.990. The Morgan fingerprint density at radius 1 is 1.45 bits per heavy atom. The molecule has 0 radical (unpaired) electrons. The summed E-state index contributed by atoms with van der Waals surface area (Å²) in [5, 5.41) is 9.25. The number of ether oxygens (including phenoxy) is 1. The van der Waals surface area contributed by atoms with Gasteiger partial charge in [0.1, 0.15) is 5.76 Å². The van der Waals surface area contributed by atoms with Crippen molar-refractivity contribution in [3.05, 3.63) is 11.8 Å². The normalized spacial score (nSPS) is 12.9. The number of esters is 1. The van der Waals surface area contributed by atoms with E-state index in [-0.39, 0.29) is 5.76 Å². The van der Waals surface area contributed by atoms with Crippen LogP contribution in [0.1, 0.15) is 20.8 Å². The highest BCUT2D eigenvalue weighted by atomic mass is 16.5. The molecule has 0 unspecified atom stereocenters. The van der Waals surface area contributed by atoms with Crippen molar-refractivity contribution in [2.45, 2.75) is 20.8 Å². The van der Waals surface area contributed by atoms with Gasteiger partial charge in [0.15, 0.2) is 0 Å². The van der Waals surface area contributed by atoms with Crippen molar-refractivity contribution in [2.24, 2.45) is 5.41 Å². The number of aliphatic hydroxyl groups is 1. The molecular weight excluding hydrogens is 144 g/mol. The van der Waals surface area contributed by atoms with Gasteiger partial charge >= 0.3 is 5.97 Å². The fraction of sp³-hybridized carbons (Fsp3) is 0.625. The summed E-state index contributed by atoms with van der Waals surface area (Å²) in [7, 11) is 1.27. The summed E-state index contributed by atoms with van der Waals surface area (Å²) in [5.74, 6) is -0.498. The van der Waals surface area contributed by atoms with E-state index in [0.717, 1.165) is 6.08 Å². The molecule has 0 bridgehead atoms. The fourth-order valence-electron chi connectivity index (χ4n) is 0.387. The summed E-state index contributed by atoms with van der Waals surface area (Å²) in [5.41, 5.74) is -0.395. The molecule has 64 valence electrons. The lowest BCUT2D eigenvalue weighted by Crippen LogP contribution is -2.11. The zero-order valence-electron chi connectivity index (χ0n) is 7.34. The van der Waals surface area contributed by atoms with Crippen LogP contribution in [0, 0.1) is 5.41 Å². The lowest BCUT2D eigenvalue weighted by Gasteiger charge is -2.16. The highest BCUT2D eigenvalue weighted by Crippen LogP contribution is 2.21. The van der Waals surface area contributed by atoms with E-state index in [9.17, 15) is 9.90 Å². The van der Waals surface area contributed by atoms with Crippen molar-refractivity contribution >= 4 is 5.97 Å². The van der Waals surface area contributed by atoms with Crippen LogP contribution in [0.2, 0.25) is 0 Å². The van der Waals surface area contributed by atoms with Gasteiger partial charge in [-0.1, -0.05) is 20.8 Å². The summed E-state index contributed by atoms with van der Waals surface area (Å²) >= 11 is 0.